The summed E-state index contributed by atoms with van der Waals surface area (Å²) in [7, 11) is 0. The third kappa shape index (κ3) is 6.32. The van der Waals surface area contributed by atoms with Crippen LogP contribution in [0.3, 0.4) is 0 Å². The third-order valence-electron chi connectivity index (χ3n) is 2.55. The van der Waals surface area contributed by atoms with Crippen molar-refractivity contribution in [3.05, 3.63) is 12.2 Å². The van der Waals surface area contributed by atoms with Crippen molar-refractivity contribution < 1.29 is 9.53 Å². The van der Waals surface area contributed by atoms with Gasteiger partial charge in [0.25, 0.3) is 0 Å². The van der Waals surface area contributed by atoms with Crippen molar-refractivity contribution in [2.45, 2.75) is 53.6 Å². The fourth-order valence-electron chi connectivity index (χ4n) is 1.45. The Bertz CT molecular complexity index is 207. The Labute approximate surface area is 93.7 Å². The smallest absolute Gasteiger partial charge is 0.330 e. The van der Waals surface area contributed by atoms with Crippen molar-refractivity contribution in [2.24, 2.45) is 11.8 Å². The Kier molecular flexibility index (Phi) is 7.10. The molecule has 2 atom stereocenters. The lowest BCUT2D eigenvalue weighted by molar-refractivity contribution is -0.146. The number of hydrogen-bond donors (Lipinski definition) is 0. The lowest BCUT2D eigenvalue weighted by Gasteiger charge is -2.24. The van der Waals surface area contributed by atoms with Gasteiger partial charge in [-0.05, 0) is 25.2 Å². The van der Waals surface area contributed by atoms with Crippen molar-refractivity contribution in [1.29, 1.82) is 0 Å². The summed E-state index contributed by atoms with van der Waals surface area (Å²) in [4.78, 5) is 11.3. The van der Waals surface area contributed by atoms with Gasteiger partial charge in [-0.15, -0.1) is 0 Å². The van der Waals surface area contributed by atoms with E-state index in [9.17, 15) is 4.79 Å². The lowest BCUT2D eigenvalue weighted by Crippen LogP contribution is -2.25. The number of esters is 1. The van der Waals surface area contributed by atoms with Crippen molar-refractivity contribution in [2.75, 3.05) is 0 Å². The molecule has 0 aliphatic heterocycles. The van der Waals surface area contributed by atoms with Gasteiger partial charge in [-0.25, -0.2) is 4.79 Å². The van der Waals surface area contributed by atoms with Gasteiger partial charge in [0.05, 0.1) is 0 Å². The molecule has 0 saturated carbocycles. The average Bonchev–Trinajstić information content (AvgIpc) is 2.15. The predicted molar refractivity (Wildman–Crippen MR) is 63.6 cm³/mol. The Balaban J connectivity index is 4.29. The van der Waals surface area contributed by atoms with E-state index in [0.717, 1.165) is 12.8 Å². The predicted octanol–water partition coefficient (Wildman–Crippen LogP) is 3.57. The van der Waals surface area contributed by atoms with Crippen LogP contribution in [0.2, 0.25) is 0 Å². The van der Waals surface area contributed by atoms with Crippen LogP contribution in [-0.4, -0.2) is 12.1 Å². The molecular weight excluding hydrogens is 188 g/mol. The van der Waals surface area contributed by atoms with Crippen LogP contribution in [0.15, 0.2) is 12.2 Å². The maximum absolute atomic E-state index is 11.3. The van der Waals surface area contributed by atoms with E-state index in [4.69, 9.17) is 4.74 Å². The molecule has 0 amide bonds. The first kappa shape index (κ1) is 14.2. The van der Waals surface area contributed by atoms with E-state index in [0.29, 0.717) is 11.8 Å². The van der Waals surface area contributed by atoms with Gasteiger partial charge in [0.1, 0.15) is 6.10 Å². The van der Waals surface area contributed by atoms with Gasteiger partial charge in [0.15, 0.2) is 0 Å². The minimum absolute atomic E-state index is 0.0544. The van der Waals surface area contributed by atoms with E-state index < -0.39 is 0 Å². The van der Waals surface area contributed by atoms with Crippen LogP contribution in [0.5, 0.6) is 0 Å². The number of rotatable bonds is 6. The normalized spacial score (nSPS) is 15.6. The van der Waals surface area contributed by atoms with Crippen LogP contribution < -0.4 is 0 Å². The minimum Gasteiger partial charge on any atom is -0.459 e. The SMILES string of the molecule is CC=CC(=O)OC(CC(C)C)C(C)CC. The fraction of sp³-hybridized carbons (Fsp3) is 0.769. The monoisotopic (exact) mass is 212 g/mol. The molecule has 0 aromatic rings. The molecule has 15 heavy (non-hydrogen) atoms. The highest BCUT2D eigenvalue weighted by atomic mass is 16.5. The van der Waals surface area contributed by atoms with E-state index in [1.54, 1.807) is 6.08 Å². The Morgan fingerprint density at radius 1 is 1.33 bits per heavy atom. The zero-order chi connectivity index (χ0) is 11.8. The van der Waals surface area contributed by atoms with E-state index in [2.05, 4.69) is 27.7 Å². The third-order valence-corrected chi connectivity index (χ3v) is 2.55. The molecule has 88 valence electrons. The second-order valence-electron chi connectivity index (χ2n) is 4.49. The highest BCUT2D eigenvalue weighted by molar-refractivity contribution is 5.81. The van der Waals surface area contributed by atoms with Crippen LogP contribution in [0.25, 0.3) is 0 Å². The molecule has 0 aromatic carbocycles. The molecule has 0 aliphatic carbocycles. The van der Waals surface area contributed by atoms with Gasteiger partial charge in [-0.3, -0.25) is 0 Å². The fourth-order valence-corrected chi connectivity index (χ4v) is 1.45. The molecule has 0 heterocycles. The molecule has 2 unspecified atom stereocenters. The minimum atomic E-state index is -0.219. The van der Waals surface area contributed by atoms with Crippen LogP contribution in [0.4, 0.5) is 0 Å². The summed E-state index contributed by atoms with van der Waals surface area (Å²) in [6.45, 7) is 10.4. The molecule has 0 bridgehead atoms. The molecule has 0 N–H and O–H groups in total. The van der Waals surface area contributed by atoms with Crippen molar-refractivity contribution in [3.8, 4) is 0 Å². The van der Waals surface area contributed by atoms with Gasteiger partial charge >= 0.3 is 5.97 Å². The summed E-state index contributed by atoms with van der Waals surface area (Å²) in [6, 6.07) is 0. The maximum atomic E-state index is 11.3. The first-order chi connectivity index (χ1) is 7.01. The summed E-state index contributed by atoms with van der Waals surface area (Å²) in [5.41, 5.74) is 0. The summed E-state index contributed by atoms with van der Waals surface area (Å²) < 4.78 is 5.43. The van der Waals surface area contributed by atoms with Crippen LogP contribution in [-0.2, 0) is 9.53 Å². The Morgan fingerprint density at radius 2 is 1.93 bits per heavy atom. The average molecular weight is 212 g/mol. The number of hydrogen-bond acceptors (Lipinski definition) is 2. The van der Waals surface area contributed by atoms with E-state index in [-0.39, 0.29) is 12.1 Å². The highest BCUT2D eigenvalue weighted by Gasteiger charge is 2.20. The van der Waals surface area contributed by atoms with Crippen molar-refractivity contribution >= 4 is 5.97 Å². The molecule has 0 spiro atoms. The molecule has 0 saturated heterocycles. The van der Waals surface area contributed by atoms with Crippen LogP contribution in [0, 0.1) is 11.8 Å². The summed E-state index contributed by atoms with van der Waals surface area (Å²) in [5, 5.41) is 0. The maximum Gasteiger partial charge on any atom is 0.330 e. The Hall–Kier alpha value is -0.790. The number of ether oxygens (including phenoxy) is 1. The summed E-state index contributed by atoms with van der Waals surface area (Å²) >= 11 is 0. The number of allylic oxidation sites excluding steroid dienone is 1. The molecule has 0 radical (unpaired) electrons. The summed E-state index contributed by atoms with van der Waals surface area (Å²) in [6.07, 6.45) is 5.23. The quantitative estimate of drug-likeness (QED) is 0.497. The lowest BCUT2D eigenvalue weighted by atomic mass is 9.94. The van der Waals surface area contributed by atoms with Gasteiger partial charge in [0.2, 0.25) is 0 Å². The van der Waals surface area contributed by atoms with E-state index in [1.165, 1.54) is 6.08 Å². The van der Waals surface area contributed by atoms with E-state index in [1.807, 2.05) is 6.92 Å². The topological polar surface area (TPSA) is 26.3 Å². The molecular formula is C13H24O2. The van der Waals surface area contributed by atoms with Crippen LogP contribution >= 0.6 is 0 Å². The molecule has 0 rings (SSSR count). The summed E-state index contributed by atoms with van der Waals surface area (Å²) in [5.74, 6) is 0.771. The van der Waals surface area contributed by atoms with Gasteiger partial charge < -0.3 is 4.74 Å². The van der Waals surface area contributed by atoms with Gasteiger partial charge in [0, 0.05) is 6.08 Å². The number of carbonyl (C=O) groups excluding carboxylic acids is 1. The zero-order valence-corrected chi connectivity index (χ0v) is 10.6. The molecule has 2 heteroatoms. The second kappa shape index (κ2) is 7.49. The van der Waals surface area contributed by atoms with Gasteiger partial charge in [-0.1, -0.05) is 40.2 Å². The largest absolute Gasteiger partial charge is 0.459 e. The van der Waals surface area contributed by atoms with Gasteiger partial charge in [-0.2, -0.15) is 0 Å². The van der Waals surface area contributed by atoms with E-state index >= 15 is 0 Å². The zero-order valence-electron chi connectivity index (χ0n) is 10.6. The van der Waals surface area contributed by atoms with Crippen molar-refractivity contribution in [3.63, 3.8) is 0 Å². The molecule has 2 nitrogen and oxygen atoms in total. The molecule has 0 aliphatic rings. The van der Waals surface area contributed by atoms with Crippen LogP contribution in [0.1, 0.15) is 47.5 Å². The molecule has 0 fully saturated rings. The second-order valence-corrected chi connectivity index (χ2v) is 4.49. The number of carbonyl (C=O) groups is 1. The highest BCUT2D eigenvalue weighted by Crippen LogP contribution is 2.19. The van der Waals surface area contributed by atoms with Crippen molar-refractivity contribution in [1.82, 2.24) is 0 Å². The standard InChI is InChI=1S/C13H24O2/c1-6-8-13(14)15-12(9-10(3)4)11(5)7-2/h6,8,10-12H,7,9H2,1-5H3. The first-order valence-corrected chi connectivity index (χ1v) is 5.84. The first-order valence-electron chi connectivity index (χ1n) is 5.84. The molecule has 0 aromatic heterocycles. The Morgan fingerprint density at radius 3 is 2.33 bits per heavy atom.